The van der Waals surface area contributed by atoms with Crippen molar-refractivity contribution in [2.24, 2.45) is 0 Å². The Morgan fingerprint density at radius 3 is 1.15 bits per heavy atom. The van der Waals surface area contributed by atoms with Crippen LogP contribution in [0.1, 0.15) is 43.0 Å². The molecule has 0 atom stereocenters. The molecule has 10 nitrogen and oxygen atoms in total. The topological polar surface area (TPSA) is 174 Å². The van der Waals surface area contributed by atoms with Crippen molar-refractivity contribution < 1.29 is 49.7 Å². The molecule has 0 aliphatic heterocycles. The highest BCUT2D eigenvalue weighted by molar-refractivity contribution is 5.90. The molecule has 6 N–H and O–H groups in total. The van der Waals surface area contributed by atoms with Gasteiger partial charge in [0.15, 0.2) is 0 Å². The van der Waals surface area contributed by atoms with Crippen LogP contribution in [0.3, 0.4) is 0 Å². The molecule has 40 heavy (non-hydrogen) atoms. The van der Waals surface area contributed by atoms with Crippen molar-refractivity contribution in [1.82, 2.24) is 0 Å². The Morgan fingerprint density at radius 1 is 0.525 bits per heavy atom. The first-order valence-corrected chi connectivity index (χ1v) is 11.9. The lowest BCUT2D eigenvalue weighted by atomic mass is 9.94. The van der Waals surface area contributed by atoms with Gasteiger partial charge in [0.25, 0.3) is 0 Å². The van der Waals surface area contributed by atoms with Gasteiger partial charge >= 0.3 is 11.9 Å². The molecule has 0 heterocycles. The first kappa shape index (κ1) is 27.6. The monoisotopic (exact) mass is 546 g/mol. The lowest BCUT2D eigenvalue weighted by molar-refractivity contribution is 0.0591. The van der Waals surface area contributed by atoms with E-state index in [1.807, 2.05) is 0 Å². The Labute approximate surface area is 228 Å². The highest BCUT2D eigenvalue weighted by Crippen LogP contribution is 2.47. The molecule has 0 aliphatic carbocycles. The van der Waals surface area contributed by atoms with Crippen LogP contribution in [0.4, 0.5) is 0 Å². The summed E-state index contributed by atoms with van der Waals surface area (Å²) in [5.74, 6) is -3.23. The number of aromatic hydroxyl groups is 6. The van der Waals surface area contributed by atoms with Gasteiger partial charge in [-0.15, -0.1) is 0 Å². The molecular formula is C30H26O10. The largest absolute Gasteiger partial charge is 0.508 e. The van der Waals surface area contributed by atoms with Gasteiger partial charge in [0.1, 0.15) is 34.5 Å². The molecular weight excluding hydrogens is 520 g/mol. The van der Waals surface area contributed by atoms with Crippen LogP contribution in [0.15, 0.2) is 60.7 Å². The summed E-state index contributed by atoms with van der Waals surface area (Å²) in [7, 11) is 2.46. The predicted molar refractivity (Wildman–Crippen MR) is 143 cm³/mol. The van der Waals surface area contributed by atoms with Crippen LogP contribution in [0.5, 0.6) is 34.5 Å². The molecule has 0 aliphatic rings. The number of hydrogen-bond acceptors (Lipinski definition) is 10. The van der Waals surface area contributed by atoms with Gasteiger partial charge in [0, 0.05) is 12.8 Å². The van der Waals surface area contributed by atoms with E-state index in [0.717, 1.165) is 0 Å². The number of methoxy groups -OCH3 is 2. The van der Waals surface area contributed by atoms with E-state index in [2.05, 4.69) is 0 Å². The number of esters is 2. The molecule has 4 aromatic rings. The van der Waals surface area contributed by atoms with Crippen LogP contribution >= 0.6 is 0 Å². The number of phenolic OH excluding ortho intramolecular Hbond substituents is 6. The highest BCUT2D eigenvalue weighted by atomic mass is 16.5. The Kier molecular flexibility index (Phi) is 7.71. The Morgan fingerprint density at radius 2 is 0.850 bits per heavy atom. The van der Waals surface area contributed by atoms with E-state index < -0.39 is 34.9 Å². The maximum atomic E-state index is 11.8. The van der Waals surface area contributed by atoms with E-state index >= 15 is 0 Å². The maximum Gasteiger partial charge on any atom is 0.337 e. The van der Waals surface area contributed by atoms with Gasteiger partial charge in [-0.1, -0.05) is 0 Å². The van der Waals surface area contributed by atoms with E-state index in [1.165, 1.54) is 74.9 Å². The zero-order valence-corrected chi connectivity index (χ0v) is 21.5. The molecule has 0 unspecified atom stereocenters. The Hall–Kier alpha value is -5.38. The predicted octanol–water partition coefficient (Wildman–Crippen LogP) is 4.34. The fourth-order valence-electron chi connectivity index (χ4n) is 4.44. The van der Waals surface area contributed by atoms with Crippen molar-refractivity contribution in [2.75, 3.05) is 14.2 Å². The molecule has 4 aromatic carbocycles. The van der Waals surface area contributed by atoms with Gasteiger partial charge < -0.3 is 40.1 Å². The van der Waals surface area contributed by atoms with Crippen LogP contribution < -0.4 is 0 Å². The minimum absolute atomic E-state index is 0.0309. The first-order chi connectivity index (χ1) is 19.0. The summed E-state index contributed by atoms with van der Waals surface area (Å²) in [4.78, 5) is 23.7. The second kappa shape index (κ2) is 11.2. The van der Waals surface area contributed by atoms with E-state index in [9.17, 15) is 40.2 Å². The molecule has 0 saturated carbocycles. The van der Waals surface area contributed by atoms with Crippen molar-refractivity contribution in [3.05, 3.63) is 94.0 Å². The number of carbonyl (C=O) groups is 2. The van der Waals surface area contributed by atoms with Gasteiger partial charge in [0.2, 0.25) is 0 Å². The number of ether oxygens (including phenoxy) is 2. The third kappa shape index (κ3) is 5.56. The van der Waals surface area contributed by atoms with E-state index in [4.69, 9.17) is 9.47 Å². The van der Waals surface area contributed by atoms with Gasteiger partial charge in [0.05, 0.1) is 36.5 Å². The molecule has 0 saturated heterocycles. The lowest BCUT2D eigenvalue weighted by Gasteiger charge is -2.15. The summed E-state index contributed by atoms with van der Waals surface area (Å²) in [5, 5.41) is 63.4. The molecule has 0 fully saturated rings. The third-order valence-electron chi connectivity index (χ3n) is 6.35. The van der Waals surface area contributed by atoms with Crippen LogP contribution in [-0.2, 0) is 22.3 Å². The Bertz CT molecular complexity index is 1460. The van der Waals surface area contributed by atoms with Crippen LogP contribution in [0.25, 0.3) is 11.1 Å². The molecule has 0 radical (unpaired) electrons. The molecule has 206 valence electrons. The Balaban J connectivity index is 1.66. The summed E-state index contributed by atoms with van der Waals surface area (Å²) in [5.41, 5.74) is 1.37. The maximum absolute atomic E-state index is 11.8. The third-order valence-corrected chi connectivity index (χ3v) is 6.35. The van der Waals surface area contributed by atoms with E-state index in [1.54, 1.807) is 0 Å². The minimum atomic E-state index is -0.594. The average molecular weight is 547 g/mol. The van der Waals surface area contributed by atoms with Gasteiger partial charge in [-0.3, -0.25) is 0 Å². The fourth-order valence-corrected chi connectivity index (χ4v) is 4.44. The zero-order chi connectivity index (χ0) is 29.1. The molecule has 4 rings (SSSR count). The lowest BCUT2D eigenvalue weighted by Crippen LogP contribution is -2.02. The molecule has 0 bridgehead atoms. The van der Waals surface area contributed by atoms with Crippen molar-refractivity contribution in [1.29, 1.82) is 0 Å². The normalized spacial score (nSPS) is 10.8. The van der Waals surface area contributed by atoms with Crippen molar-refractivity contribution in [2.45, 2.75) is 12.8 Å². The van der Waals surface area contributed by atoms with Gasteiger partial charge in [-0.05, 0) is 82.9 Å². The number of rotatable bonds is 7. The van der Waals surface area contributed by atoms with Crippen molar-refractivity contribution >= 4 is 11.9 Å². The standard InChI is InChI=1S/C30H26O10/c1-39-29(37)17-3-5-21(31)19(13-17)7-15-9-23(33)27(24(34)10-15)28-25(35)11-16(12-26(28)36)8-20-14-18(30(38)40-2)4-6-22(20)32/h3-6,9-14,31-36H,7-8H2,1-2H3. The number of carbonyl (C=O) groups excluding carboxylic acids is 2. The van der Waals surface area contributed by atoms with Crippen LogP contribution in [0, 0.1) is 0 Å². The summed E-state index contributed by atoms with van der Waals surface area (Å²) >= 11 is 0. The van der Waals surface area contributed by atoms with Crippen molar-refractivity contribution in [3.63, 3.8) is 0 Å². The first-order valence-electron chi connectivity index (χ1n) is 11.9. The SMILES string of the molecule is COC(=O)c1ccc(O)c(Cc2cc(O)c(-c3c(O)cc(Cc4cc(C(=O)OC)ccc4O)cc3O)c(O)c2)c1. The highest BCUT2D eigenvalue weighted by Gasteiger charge is 2.22. The summed E-state index contributed by atoms with van der Waals surface area (Å²) in [6, 6.07) is 13.5. The summed E-state index contributed by atoms with van der Waals surface area (Å²) in [6.45, 7) is 0. The smallest absolute Gasteiger partial charge is 0.337 e. The second-order valence-corrected chi connectivity index (χ2v) is 9.04. The number of benzene rings is 4. The average Bonchev–Trinajstić information content (AvgIpc) is 2.91. The molecule has 0 spiro atoms. The van der Waals surface area contributed by atoms with Crippen LogP contribution in [0.2, 0.25) is 0 Å². The van der Waals surface area contributed by atoms with Gasteiger partial charge in [-0.2, -0.15) is 0 Å². The number of phenols is 6. The van der Waals surface area contributed by atoms with Gasteiger partial charge in [-0.25, -0.2) is 9.59 Å². The van der Waals surface area contributed by atoms with Crippen molar-refractivity contribution in [3.8, 4) is 45.6 Å². The number of hydrogen-bond donors (Lipinski definition) is 6. The second-order valence-electron chi connectivity index (χ2n) is 9.04. The van der Waals surface area contributed by atoms with Crippen LogP contribution in [-0.4, -0.2) is 56.8 Å². The molecule has 10 heteroatoms. The van der Waals surface area contributed by atoms with E-state index in [0.29, 0.717) is 22.3 Å². The zero-order valence-electron chi connectivity index (χ0n) is 21.5. The quantitative estimate of drug-likeness (QED) is 0.183. The summed E-state index contributed by atoms with van der Waals surface area (Å²) < 4.78 is 9.39. The fraction of sp³-hybridized carbons (Fsp3) is 0.133. The molecule has 0 amide bonds. The molecule has 0 aromatic heterocycles. The van der Waals surface area contributed by atoms with E-state index in [-0.39, 0.29) is 46.6 Å². The minimum Gasteiger partial charge on any atom is -0.508 e. The summed E-state index contributed by atoms with van der Waals surface area (Å²) in [6.07, 6.45) is 0.0617.